The van der Waals surface area contributed by atoms with Gasteiger partial charge < -0.3 is 15.0 Å². The number of benzene rings is 1. The highest BCUT2D eigenvalue weighted by molar-refractivity contribution is 5.91. The van der Waals surface area contributed by atoms with Crippen LogP contribution in [0.15, 0.2) is 24.3 Å². The van der Waals surface area contributed by atoms with Crippen molar-refractivity contribution in [3.05, 3.63) is 29.8 Å². The van der Waals surface area contributed by atoms with E-state index < -0.39 is 5.97 Å². The van der Waals surface area contributed by atoms with Crippen molar-refractivity contribution in [1.82, 2.24) is 4.90 Å². The fraction of sp³-hybridized carbons (Fsp3) is 0.400. The summed E-state index contributed by atoms with van der Waals surface area (Å²) in [6, 6.07) is 7.97. The molecule has 0 heterocycles. The number of amides is 2. The van der Waals surface area contributed by atoms with Gasteiger partial charge in [0.2, 0.25) is 0 Å². The van der Waals surface area contributed by atoms with E-state index in [0.29, 0.717) is 11.3 Å². The number of carbonyl (C=O) groups is 2. The zero-order valence-corrected chi connectivity index (χ0v) is 12.4. The van der Waals surface area contributed by atoms with E-state index in [9.17, 15) is 9.59 Å². The molecule has 0 atom stereocenters. The largest absolute Gasteiger partial charge is 0.465 e. The Hall–Kier alpha value is -2.55. The molecule has 0 aromatic heterocycles. The molecule has 21 heavy (non-hydrogen) atoms. The first-order chi connectivity index (χ1) is 9.97. The lowest BCUT2D eigenvalue weighted by Gasteiger charge is -2.25. The molecule has 1 aromatic carbocycles. The molecule has 0 bridgehead atoms. The van der Waals surface area contributed by atoms with Gasteiger partial charge in [0.25, 0.3) is 0 Å². The number of hydrogen-bond donors (Lipinski definition) is 1. The molecule has 0 aliphatic carbocycles. The molecule has 6 nitrogen and oxygen atoms in total. The standard InChI is InChI=1S/C15H19N3O3/c1-4-21-14(19)10-18(11(2)3)15(20)17-13-7-5-12(9-16)6-8-13/h5-8,11H,4,10H2,1-3H3,(H,17,20). The van der Waals surface area contributed by atoms with Crippen LogP contribution in [0.1, 0.15) is 26.3 Å². The van der Waals surface area contributed by atoms with Crippen molar-refractivity contribution in [3.8, 4) is 6.07 Å². The number of nitrogens with one attached hydrogen (secondary N) is 1. The van der Waals surface area contributed by atoms with Crippen LogP contribution in [0.4, 0.5) is 10.5 Å². The second kappa shape index (κ2) is 7.90. The highest BCUT2D eigenvalue weighted by Gasteiger charge is 2.20. The number of carbonyl (C=O) groups excluding carboxylic acids is 2. The number of hydrogen-bond acceptors (Lipinski definition) is 4. The maximum Gasteiger partial charge on any atom is 0.325 e. The maximum atomic E-state index is 12.2. The van der Waals surface area contributed by atoms with Crippen LogP contribution >= 0.6 is 0 Å². The number of rotatable bonds is 5. The van der Waals surface area contributed by atoms with Gasteiger partial charge in [-0.25, -0.2) is 4.79 Å². The molecular weight excluding hydrogens is 270 g/mol. The van der Waals surface area contributed by atoms with Crippen molar-refractivity contribution in [3.63, 3.8) is 0 Å². The second-order valence-electron chi connectivity index (χ2n) is 4.65. The van der Waals surface area contributed by atoms with Crippen molar-refractivity contribution in [1.29, 1.82) is 5.26 Å². The Balaban J connectivity index is 2.72. The molecule has 0 saturated carbocycles. The van der Waals surface area contributed by atoms with Crippen LogP contribution in [0, 0.1) is 11.3 Å². The second-order valence-corrected chi connectivity index (χ2v) is 4.65. The number of esters is 1. The summed E-state index contributed by atoms with van der Waals surface area (Å²) in [6.07, 6.45) is 0. The third-order valence-electron chi connectivity index (χ3n) is 2.75. The summed E-state index contributed by atoms with van der Waals surface area (Å²) in [5.74, 6) is -0.443. The number of nitrogens with zero attached hydrogens (tertiary/aromatic N) is 2. The van der Waals surface area contributed by atoms with Crippen LogP contribution in [0.5, 0.6) is 0 Å². The lowest BCUT2D eigenvalue weighted by Crippen LogP contribution is -2.43. The Morgan fingerprint density at radius 2 is 1.95 bits per heavy atom. The van der Waals surface area contributed by atoms with Crippen molar-refractivity contribution in [2.75, 3.05) is 18.5 Å². The molecule has 1 N–H and O–H groups in total. The number of nitriles is 1. The first-order valence-electron chi connectivity index (χ1n) is 6.71. The van der Waals surface area contributed by atoms with Gasteiger partial charge in [-0.05, 0) is 45.0 Å². The van der Waals surface area contributed by atoms with Crippen molar-refractivity contribution >= 4 is 17.7 Å². The average molecular weight is 289 g/mol. The minimum Gasteiger partial charge on any atom is -0.465 e. The molecule has 2 amide bonds. The SMILES string of the molecule is CCOC(=O)CN(C(=O)Nc1ccc(C#N)cc1)C(C)C. The Bertz CT molecular complexity index is 532. The number of ether oxygens (including phenoxy) is 1. The molecule has 1 rings (SSSR count). The molecule has 6 heteroatoms. The summed E-state index contributed by atoms with van der Waals surface area (Å²) in [4.78, 5) is 25.1. The zero-order chi connectivity index (χ0) is 15.8. The van der Waals surface area contributed by atoms with Crippen molar-refractivity contribution < 1.29 is 14.3 Å². The van der Waals surface area contributed by atoms with Gasteiger partial charge in [0.15, 0.2) is 0 Å². The fourth-order valence-electron chi connectivity index (χ4n) is 1.66. The summed E-state index contributed by atoms with van der Waals surface area (Å²) < 4.78 is 4.86. The molecule has 1 aromatic rings. The van der Waals surface area contributed by atoms with E-state index in [1.165, 1.54) is 4.90 Å². The van der Waals surface area contributed by atoms with E-state index >= 15 is 0 Å². The van der Waals surface area contributed by atoms with Crippen LogP contribution in [0.2, 0.25) is 0 Å². The summed E-state index contributed by atoms with van der Waals surface area (Å²) in [5.41, 5.74) is 1.08. The summed E-state index contributed by atoms with van der Waals surface area (Å²) >= 11 is 0. The summed E-state index contributed by atoms with van der Waals surface area (Å²) in [5, 5.41) is 11.4. The Morgan fingerprint density at radius 1 is 1.33 bits per heavy atom. The van der Waals surface area contributed by atoms with Gasteiger partial charge in [-0.2, -0.15) is 5.26 Å². The van der Waals surface area contributed by atoms with Crippen LogP contribution in [0.3, 0.4) is 0 Å². The number of anilines is 1. The van der Waals surface area contributed by atoms with E-state index in [0.717, 1.165) is 0 Å². The highest BCUT2D eigenvalue weighted by atomic mass is 16.5. The third-order valence-corrected chi connectivity index (χ3v) is 2.75. The summed E-state index contributed by atoms with van der Waals surface area (Å²) in [7, 11) is 0. The molecule has 0 aliphatic rings. The van der Waals surface area contributed by atoms with Gasteiger partial charge in [-0.15, -0.1) is 0 Å². The lowest BCUT2D eigenvalue weighted by atomic mass is 10.2. The molecule has 0 aliphatic heterocycles. The molecule has 0 radical (unpaired) electrons. The molecule has 0 saturated heterocycles. The van der Waals surface area contributed by atoms with Gasteiger partial charge in [0.05, 0.1) is 18.2 Å². The van der Waals surface area contributed by atoms with Crippen LogP contribution in [0.25, 0.3) is 0 Å². The Morgan fingerprint density at radius 3 is 2.43 bits per heavy atom. The third kappa shape index (κ3) is 5.15. The van der Waals surface area contributed by atoms with Crippen molar-refractivity contribution in [2.45, 2.75) is 26.8 Å². The highest BCUT2D eigenvalue weighted by Crippen LogP contribution is 2.11. The Kier molecular flexibility index (Phi) is 6.21. The van der Waals surface area contributed by atoms with E-state index in [4.69, 9.17) is 10.00 Å². The molecule has 0 unspecified atom stereocenters. The van der Waals surface area contributed by atoms with E-state index in [1.807, 2.05) is 19.9 Å². The van der Waals surface area contributed by atoms with Gasteiger partial charge in [-0.3, -0.25) is 4.79 Å². The lowest BCUT2D eigenvalue weighted by molar-refractivity contribution is -0.144. The topological polar surface area (TPSA) is 82.4 Å². The van der Waals surface area contributed by atoms with Gasteiger partial charge in [0, 0.05) is 11.7 Å². The molecule has 0 fully saturated rings. The molecular formula is C15H19N3O3. The van der Waals surface area contributed by atoms with Crippen molar-refractivity contribution in [2.24, 2.45) is 0 Å². The quantitative estimate of drug-likeness (QED) is 0.843. The first-order valence-corrected chi connectivity index (χ1v) is 6.71. The minimum absolute atomic E-state index is 0.104. The van der Waals surface area contributed by atoms with Crippen LogP contribution < -0.4 is 5.32 Å². The molecule has 0 spiro atoms. The van der Waals surface area contributed by atoms with Gasteiger partial charge in [0.1, 0.15) is 6.54 Å². The zero-order valence-electron chi connectivity index (χ0n) is 12.4. The van der Waals surface area contributed by atoms with Crippen LogP contribution in [-0.4, -0.2) is 36.1 Å². The molecule has 112 valence electrons. The fourth-order valence-corrected chi connectivity index (χ4v) is 1.66. The van der Waals surface area contributed by atoms with E-state index in [2.05, 4.69) is 5.32 Å². The summed E-state index contributed by atoms with van der Waals surface area (Å²) in [6.45, 7) is 5.53. The smallest absolute Gasteiger partial charge is 0.325 e. The van der Waals surface area contributed by atoms with Gasteiger partial charge >= 0.3 is 12.0 Å². The monoisotopic (exact) mass is 289 g/mol. The average Bonchev–Trinajstić information content (AvgIpc) is 2.45. The van der Waals surface area contributed by atoms with Gasteiger partial charge in [-0.1, -0.05) is 0 Å². The number of urea groups is 1. The first kappa shape index (κ1) is 16.5. The minimum atomic E-state index is -0.443. The predicted octanol–water partition coefficient (Wildman–Crippen LogP) is 2.36. The Labute approximate surface area is 124 Å². The van der Waals surface area contributed by atoms with E-state index in [-0.39, 0.29) is 25.2 Å². The maximum absolute atomic E-state index is 12.2. The normalized spacial score (nSPS) is 9.86. The van der Waals surface area contributed by atoms with E-state index in [1.54, 1.807) is 31.2 Å². The van der Waals surface area contributed by atoms with Crippen LogP contribution in [-0.2, 0) is 9.53 Å². The predicted molar refractivity (Wildman–Crippen MR) is 78.7 cm³/mol.